The lowest BCUT2D eigenvalue weighted by atomic mass is 9.82. The lowest BCUT2D eigenvalue weighted by molar-refractivity contribution is 0.0938. The molecule has 4 aromatic heterocycles. The summed E-state index contributed by atoms with van der Waals surface area (Å²) >= 11 is 0. The molecule has 9 heteroatoms. The predicted octanol–water partition coefficient (Wildman–Crippen LogP) is 4.10. The molecular weight excluding hydrogens is 504 g/mol. The summed E-state index contributed by atoms with van der Waals surface area (Å²) in [6, 6.07) is 14.4. The number of carbonyl (C=O) groups is 2. The second-order valence-corrected chi connectivity index (χ2v) is 10.9. The van der Waals surface area contributed by atoms with Crippen molar-refractivity contribution in [1.29, 1.82) is 0 Å². The fourth-order valence-corrected chi connectivity index (χ4v) is 5.90. The smallest absolute Gasteiger partial charge is 0.266 e. The maximum Gasteiger partial charge on any atom is 0.266 e. The van der Waals surface area contributed by atoms with Gasteiger partial charge in [0.2, 0.25) is 0 Å². The third-order valence-corrected chi connectivity index (χ3v) is 8.21. The summed E-state index contributed by atoms with van der Waals surface area (Å²) in [5.41, 5.74) is 10.4. The predicted molar refractivity (Wildman–Crippen MR) is 151 cm³/mol. The monoisotopic (exact) mass is 530 g/mol. The van der Waals surface area contributed by atoms with Crippen molar-refractivity contribution in [2.45, 2.75) is 32.1 Å². The molecule has 1 fully saturated rings. The zero-order valence-corrected chi connectivity index (χ0v) is 21.9. The lowest BCUT2D eigenvalue weighted by Gasteiger charge is -2.27. The van der Waals surface area contributed by atoms with Gasteiger partial charge in [-0.1, -0.05) is 24.3 Å². The van der Waals surface area contributed by atoms with Crippen molar-refractivity contribution < 1.29 is 9.59 Å². The molecular formula is C31H26N6O3. The van der Waals surface area contributed by atoms with Gasteiger partial charge in [0.15, 0.2) is 11.6 Å². The average Bonchev–Trinajstić information content (AvgIpc) is 3.60. The number of aryl methyl sites for hydroxylation is 1. The van der Waals surface area contributed by atoms with Gasteiger partial charge in [-0.25, -0.2) is 9.97 Å². The molecule has 0 radical (unpaired) electrons. The Morgan fingerprint density at radius 2 is 1.80 bits per heavy atom. The summed E-state index contributed by atoms with van der Waals surface area (Å²) in [6.07, 6.45) is 8.06. The van der Waals surface area contributed by atoms with Crippen molar-refractivity contribution in [2.24, 2.45) is 12.5 Å². The van der Waals surface area contributed by atoms with Gasteiger partial charge in [-0.2, -0.15) is 0 Å². The van der Waals surface area contributed by atoms with Gasteiger partial charge in [0.05, 0.1) is 17.4 Å². The molecule has 1 aromatic carbocycles. The van der Waals surface area contributed by atoms with Crippen LogP contribution in [0.15, 0.2) is 72.0 Å². The van der Waals surface area contributed by atoms with Crippen molar-refractivity contribution in [2.75, 3.05) is 5.73 Å². The highest BCUT2D eigenvalue weighted by Gasteiger charge is 2.49. The molecule has 1 spiro atoms. The Balaban J connectivity index is 1.24. The molecule has 4 heterocycles. The lowest BCUT2D eigenvalue weighted by Crippen LogP contribution is -2.34. The number of carbonyl (C=O) groups excluding carboxylic acids is 2. The SMILES string of the molecule is Cn1cc(-c2ccc(CC(=O)c3cc4c(n(-c5ccccc5)c3=O)CC3(CC3)CC4=O)nc2)c2c(N)ncnc21. The maximum absolute atomic E-state index is 13.8. The molecule has 5 aromatic rings. The van der Waals surface area contributed by atoms with Crippen LogP contribution in [-0.4, -0.2) is 35.7 Å². The minimum atomic E-state index is -0.400. The fraction of sp³-hybridized carbons (Fsp3) is 0.226. The first-order valence-corrected chi connectivity index (χ1v) is 13.3. The van der Waals surface area contributed by atoms with E-state index in [1.807, 2.05) is 54.2 Å². The number of ketones is 2. The number of hydrogen-bond donors (Lipinski definition) is 1. The number of nitrogens with two attached hydrogens (primary N) is 1. The number of aromatic nitrogens is 5. The second-order valence-electron chi connectivity index (χ2n) is 10.9. The maximum atomic E-state index is 13.8. The van der Waals surface area contributed by atoms with Crippen LogP contribution < -0.4 is 11.3 Å². The summed E-state index contributed by atoms with van der Waals surface area (Å²) in [6.45, 7) is 0. The third kappa shape index (κ3) is 3.85. The highest BCUT2D eigenvalue weighted by Crippen LogP contribution is 2.54. The highest BCUT2D eigenvalue weighted by molar-refractivity contribution is 6.04. The molecule has 9 nitrogen and oxygen atoms in total. The minimum absolute atomic E-state index is 0.00157. The van der Waals surface area contributed by atoms with Gasteiger partial charge in [0.1, 0.15) is 17.8 Å². The average molecular weight is 531 g/mol. The minimum Gasteiger partial charge on any atom is -0.383 e. The Labute approximate surface area is 229 Å². The largest absolute Gasteiger partial charge is 0.383 e. The number of rotatable bonds is 5. The molecule has 2 aliphatic rings. The summed E-state index contributed by atoms with van der Waals surface area (Å²) < 4.78 is 3.45. The number of hydrogen-bond acceptors (Lipinski definition) is 7. The van der Waals surface area contributed by atoms with Crippen LogP contribution in [0.3, 0.4) is 0 Å². The van der Waals surface area contributed by atoms with Crippen molar-refractivity contribution in [3.8, 4) is 16.8 Å². The van der Waals surface area contributed by atoms with E-state index in [9.17, 15) is 14.4 Å². The summed E-state index contributed by atoms with van der Waals surface area (Å²) in [5.74, 6) is 0.00228. The first kappa shape index (κ1) is 24.1. The number of pyridine rings is 2. The van der Waals surface area contributed by atoms with Gasteiger partial charge in [-0.15, -0.1) is 0 Å². The number of anilines is 1. The first-order valence-electron chi connectivity index (χ1n) is 13.3. The summed E-state index contributed by atoms with van der Waals surface area (Å²) in [7, 11) is 1.88. The van der Waals surface area contributed by atoms with Crippen molar-refractivity contribution in [1.82, 2.24) is 24.1 Å². The van der Waals surface area contributed by atoms with Crippen molar-refractivity contribution in [3.05, 3.63) is 100 Å². The molecule has 0 unspecified atom stereocenters. The topological polar surface area (TPSA) is 126 Å². The zero-order valence-electron chi connectivity index (χ0n) is 21.9. The van der Waals surface area contributed by atoms with Crippen LogP contribution in [0.5, 0.6) is 0 Å². The van der Waals surface area contributed by atoms with E-state index in [4.69, 9.17) is 5.73 Å². The van der Waals surface area contributed by atoms with E-state index in [1.54, 1.807) is 16.8 Å². The molecule has 0 bridgehead atoms. The van der Waals surface area contributed by atoms with Crippen LogP contribution in [-0.2, 0) is 19.9 Å². The van der Waals surface area contributed by atoms with Gasteiger partial charge in [-0.05, 0) is 48.9 Å². The number of nitrogen functional groups attached to an aromatic ring is 1. The number of nitrogens with zero attached hydrogens (tertiary/aromatic N) is 5. The molecule has 0 amide bonds. The van der Waals surface area contributed by atoms with E-state index in [0.29, 0.717) is 46.9 Å². The number of Topliss-reactive ketones (excluding diaryl/α,β-unsaturated/α-hetero) is 2. The third-order valence-electron chi connectivity index (χ3n) is 8.21. The van der Waals surface area contributed by atoms with Crippen LogP contribution in [0.25, 0.3) is 27.8 Å². The van der Waals surface area contributed by atoms with E-state index >= 15 is 0 Å². The Morgan fingerprint density at radius 3 is 2.52 bits per heavy atom. The Morgan fingerprint density at radius 1 is 1.00 bits per heavy atom. The summed E-state index contributed by atoms with van der Waals surface area (Å²) in [4.78, 5) is 53.5. The number of benzene rings is 1. The van der Waals surface area contributed by atoms with E-state index in [1.165, 1.54) is 12.4 Å². The Hall–Kier alpha value is -4.92. The van der Waals surface area contributed by atoms with Crippen molar-refractivity contribution in [3.63, 3.8) is 0 Å². The van der Waals surface area contributed by atoms with Crippen LogP contribution in [0.2, 0.25) is 0 Å². The van der Waals surface area contributed by atoms with Crippen molar-refractivity contribution >= 4 is 28.4 Å². The standard InChI is InChI=1S/C31H26N6O3/c1-36-16-23(27-28(32)34-17-35-29(27)36)18-7-8-19(33-15-18)11-25(38)22-12-21-24(13-31(9-10-31)14-26(21)39)37(30(22)40)20-5-3-2-4-6-20/h2-8,12,15-17H,9-11,13-14H2,1H3,(H2,32,34,35). The van der Waals surface area contributed by atoms with Crippen LogP contribution in [0.4, 0.5) is 5.82 Å². The van der Waals surface area contributed by atoms with Crippen LogP contribution in [0, 0.1) is 5.41 Å². The van der Waals surface area contributed by atoms with E-state index in [0.717, 1.165) is 29.4 Å². The van der Waals surface area contributed by atoms with Gasteiger partial charge in [-0.3, -0.25) is 23.9 Å². The molecule has 198 valence electrons. The van der Waals surface area contributed by atoms with Gasteiger partial charge < -0.3 is 10.3 Å². The highest BCUT2D eigenvalue weighted by atomic mass is 16.2. The molecule has 2 N–H and O–H groups in total. The van der Waals surface area contributed by atoms with E-state index < -0.39 is 5.56 Å². The number of fused-ring (bicyclic) bond motifs is 2. The molecule has 0 saturated heterocycles. The van der Waals surface area contributed by atoms with Crippen LogP contribution in [0.1, 0.15) is 51.4 Å². The molecule has 7 rings (SSSR count). The number of para-hydroxylation sites is 1. The molecule has 1 saturated carbocycles. The van der Waals surface area contributed by atoms with E-state index in [-0.39, 0.29) is 29.0 Å². The van der Waals surface area contributed by atoms with E-state index in [2.05, 4.69) is 15.0 Å². The normalized spacial score (nSPS) is 15.4. The van der Waals surface area contributed by atoms with Gasteiger partial charge in [0, 0.05) is 59.6 Å². The quantitative estimate of drug-likeness (QED) is 0.339. The van der Waals surface area contributed by atoms with Gasteiger partial charge in [0.25, 0.3) is 5.56 Å². The first-order chi connectivity index (χ1) is 19.3. The fourth-order valence-electron chi connectivity index (χ4n) is 5.90. The molecule has 0 aliphatic heterocycles. The Bertz CT molecular complexity index is 1900. The summed E-state index contributed by atoms with van der Waals surface area (Å²) in [5, 5.41) is 0.740. The van der Waals surface area contributed by atoms with Gasteiger partial charge >= 0.3 is 0 Å². The zero-order chi connectivity index (χ0) is 27.6. The second kappa shape index (κ2) is 8.81. The molecule has 2 aliphatic carbocycles. The Kier molecular flexibility index (Phi) is 5.31. The molecule has 40 heavy (non-hydrogen) atoms. The van der Waals surface area contributed by atoms with Crippen LogP contribution >= 0.6 is 0 Å². The molecule has 0 atom stereocenters.